The molecule has 0 fully saturated rings. The van der Waals surface area contributed by atoms with Crippen molar-refractivity contribution < 1.29 is 23.9 Å². The van der Waals surface area contributed by atoms with Gasteiger partial charge in [-0.15, -0.1) is 0 Å². The summed E-state index contributed by atoms with van der Waals surface area (Å²) in [6, 6.07) is 5.30. The summed E-state index contributed by atoms with van der Waals surface area (Å²) in [5.74, 6) is -2.26. The molecule has 1 aromatic carbocycles. The number of amides is 3. The minimum Gasteiger partial charge on any atom is -0.454 e. The summed E-state index contributed by atoms with van der Waals surface area (Å²) in [6.07, 6.45) is 7.59. The smallest absolute Gasteiger partial charge is 0.329 e. The average molecular weight is 384 g/mol. The molecule has 0 saturated heterocycles. The van der Waals surface area contributed by atoms with Gasteiger partial charge in [0.15, 0.2) is 6.61 Å². The second-order valence-electron chi connectivity index (χ2n) is 7.02. The molecule has 7 nitrogen and oxygen atoms in total. The SMILES string of the molecule is C[C@H](C(=O)OCC(=O)NCCC1=CCCCC1)N1C(=O)c2ccccc2C1=O. The predicted octanol–water partition coefficient (Wildman–Crippen LogP) is 2.22. The molecule has 0 unspecified atom stereocenters. The maximum Gasteiger partial charge on any atom is 0.329 e. The number of carbonyl (C=O) groups excluding carboxylic acids is 4. The first-order valence-electron chi connectivity index (χ1n) is 9.57. The maximum absolute atomic E-state index is 12.4. The van der Waals surface area contributed by atoms with Gasteiger partial charge in [0.05, 0.1) is 11.1 Å². The summed E-state index contributed by atoms with van der Waals surface area (Å²) in [5, 5.41) is 2.72. The molecule has 1 aliphatic heterocycles. The first kappa shape index (κ1) is 19.8. The van der Waals surface area contributed by atoms with E-state index in [0.717, 1.165) is 24.2 Å². The van der Waals surface area contributed by atoms with E-state index in [1.54, 1.807) is 24.3 Å². The molecular weight excluding hydrogens is 360 g/mol. The molecule has 1 aliphatic carbocycles. The molecule has 0 spiro atoms. The predicted molar refractivity (Wildman–Crippen MR) is 102 cm³/mol. The van der Waals surface area contributed by atoms with Crippen LogP contribution in [0, 0.1) is 0 Å². The number of fused-ring (bicyclic) bond motifs is 1. The van der Waals surface area contributed by atoms with Crippen LogP contribution in [0.2, 0.25) is 0 Å². The highest BCUT2D eigenvalue weighted by molar-refractivity contribution is 6.22. The third kappa shape index (κ3) is 4.30. The third-order valence-electron chi connectivity index (χ3n) is 5.05. The van der Waals surface area contributed by atoms with Gasteiger partial charge < -0.3 is 10.1 Å². The van der Waals surface area contributed by atoms with Crippen LogP contribution in [0.15, 0.2) is 35.9 Å². The topological polar surface area (TPSA) is 92.8 Å². The van der Waals surface area contributed by atoms with Gasteiger partial charge in [0.1, 0.15) is 6.04 Å². The average Bonchev–Trinajstić information content (AvgIpc) is 2.97. The number of ether oxygens (including phenoxy) is 1. The molecule has 28 heavy (non-hydrogen) atoms. The van der Waals surface area contributed by atoms with E-state index in [1.165, 1.54) is 25.3 Å². The number of benzene rings is 1. The highest BCUT2D eigenvalue weighted by Gasteiger charge is 2.41. The van der Waals surface area contributed by atoms with E-state index in [1.807, 2.05) is 0 Å². The van der Waals surface area contributed by atoms with Gasteiger partial charge in [0.25, 0.3) is 17.7 Å². The maximum atomic E-state index is 12.4. The van der Waals surface area contributed by atoms with Gasteiger partial charge in [-0.2, -0.15) is 0 Å². The van der Waals surface area contributed by atoms with Crippen LogP contribution in [0.5, 0.6) is 0 Å². The van der Waals surface area contributed by atoms with Crippen molar-refractivity contribution >= 4 is 23.7 Å². The van der Waals surface area contributed by atoms with Crippen molar-refractivity contribution in [1.82, 2.24) is 10.2 Å². The molecule has 3 rings (SSSR count). The zero-order valence-electron chi connectivity index (χ0n) is 15.9. The fourth-order valence-corrected chi connectivity index (χ4v) is 3.47. The highest BCUT2D eigenvalue weighted by Crippen LogP contribution is 2.24. The Hall–Kier alpha value is -2.96. The van der Waals surface area contributed by atoms with E-state index in [9.17, 15) is 19.2 Å². The number of nitrogens with one attached hydrogen (secondary N) is 1. The van der Waals surface area contributed by atoms with Gasteiger partial charge in [0, 0.05) is 6.54 Å². The van der Waals surface area contributed by atoms with E-state index in [-0.39, 0.29) is 11.1 Å². The molecule has 0 bridgehead atoms. The lowest BCUT2D eigenvalue weighted by molar-refractivity contribution is -0.151. The first-order chi connectivity index (χ1) is 13.5. The van der Waals surface area contributed by atoms with Gasteiger partial charge >= 0.3 is 5.97 Å². The second-order valence-corrected chi connectivity index (χ2v) is 7.02. The lowest BCUT2D eigenvalue weighted by Gasteiger charge is -2.20. The first-order valence-corrected chi connectivity index (χ1v) is 9.57. The van der Waals surface area contributed by atoms with E-state index < -0.39 is 36.3 Å². The van der Waals surface area contributed by atoms with E-state index in [2.05, 4.69) is 11.4 Å². The lowest BCUT2D eigenvalue weighted by atomic mass is 9.97. The molecule has 0 aromatic heterocycles. The van der Waals surface area contributed by atoms with Crippen LogP contribution in [0.1, 0.15) is 59.7 Å². The number of hydrogen-bond donors (Lipinski definition) is 1. The van der Waals surface area contributed by atoms with Crippen molar-refractivity contribution in [3.63, 3.8) is 0 Å². The van der Waals surface area contributed by atoms with Crippen LogP contribution < -0.4 is 5.32 Å². The Morgan fingerprint density at radius 2 is 1.82 bits per heavy atom. The molecular formula is C21H24N2O5. The number of esters is 1. The molecule has 7 heteroatoms. The quantitative estimate of drug-likeness (QED) is 0.442. The van der Waals surface area contributed by atoms with Crippen LogP contribution >= 0.6 is 0 Å². The van der Waals surface area contributed by atoms with Crippen LogP contribution in [-0.2, 0) is 14.3 Å². The standard InChI is InChI=1S/C21H24N2O5/c1-14(23-19(25)16-9-5-6-10-17(16)20(23)26)21(27)28-13-18(24)22-12-11-15-7-3-2-4-8-15/h5-7,9-10,14H,2-4,8,11-13H2,1H3,(H,22,24)/t14-/m1/s1. The Bertz CT molecular complexity index is 795. The van der Waals surface area contributed by atoms with Gasteiger partial charge in [-0.05, 0) is 51.2 Å². The summed E-state index contributed by atoms with van der Waals surface area (Å²) < 4.78 is 5.00. The minimum atomic E-state index is -1.10. The number of hydrogen-bond acceptors (Lipinski definition) is 5. The monoisotopic (exact) mass is 384 g/mol. The number of carbonyl (C=O) groups is 4. The fraction of sp³-hybridized carbons (Fsp3) is 0.429. The van der Waals surface area contributed by atoms with Gasteiger partial charge in [-0.1, -0.05) is 23.8 Å². The largest absolute Gasteiger partial charge is 0.454 e. The van der Waals surface area contributed by atoms with Gasteiger partial charge in [-0.25, -0.2) is 4.79 Å². The molecule has 1 atom stereocenters. The minimum absolute atomic E-state index is 0.266. The van der Waals surface area contributed by atoms with Crippen molar-refractivity contribution in [1.29, 1.82) is 0 Å². The number of rotatable bonds is 7. The molecule has 0 saturated carbocycles. The van der Waals surface area contributed by atoms with E-state index in [4.69, 9.17) is 4.74 Å². The lowest BCUT2D eigenvalue weighted by Crippen LogP contribution is -2.44. The van der Waals surface area contributed by atoms with Crippen LogP contribution in [0.25, 0.3) is 0 Å². The van der Waals surface area contributed by atoms with Crippen molar-refractivity contribution in [2.24, 2.45) is 0 Å². The van der Waals surface area contributed by atoms with Crippen molar-refractivity contribution in [3.8, 4) is 0 Å². The number of allylic oxidation sites excluding steroid dienone is 1. The Morgan fingerprint density at radius 3 is 2.43 bits per heavy atom. The Balaban J connectivity index is 1.45. The molecule has 1 heterocycles. The third-order valence-corrected chi connectivity index (χ3v) is 5.05. The van der Waals surface area contributed by atoms with Crippen LogP contribution in [0.3, 0.4) is 0 Å². The van der Waals surface area contributed by atoms with Crippen LogP contribution in [-0.4, -0.2) is 47.8 Å². The summed E-state index contributed by atoms with van der Waals surface area (Å²) in [4.78, 5) is 49.8. The molecule has 1 N–H and O–H groups in total. The highest BCUT2D eigenvalue weighted by atomic mass is 16.5. The number of imide groups is 1. The van der Waals surface area contributed by atoms with E-state index >= 15 is 0 Å². The molecule has 2 aliphatic rings. The van der Waals surface area contributed by atoms with Crippen LogP contribution in [0.4, 0.5) is 0 Å². The van der Waals surface area contributed by atoms with Gasteiger partial charge in [-0.3, -0.25) is 19.3 Å². The van der Waals surface area contributed by atoms with Crippen molar-refractivity contribution in [2.45, 2.75) is 45.1 Å². The summed E-state index contributed by atoms with van der Waals surface area (Å²) >= 11 is 0. The zero-order valence-corrected chi connectivity index (χ0v) is 15.9. The van der Waals surface area contributed by atoms with E-state index in [0.29, 0.717) is 6.54 Å². The van der Waals surface area contributed by atoms with Crippen molar-refractivity contribution in [3.05, 3.63) is 47.0 Å². The number of nitrogens with zero attached hydrogens (tertiary/aromatic N) is 1. The normalized spacial score (nSPS) is 17.0. The summed E-state index contributed by atoms with van der Waals surface area (Å²) in [7, 11) is 0. The molecule has 0 radical (unpaired) electrons. The Morgan fingerprint density at radius 1 is 1.14 bits per heavy atom. The fourth-order valence-electron chi connectivity index (χ4n) is 3.47. The summed E-state index contributed by atoms with van der Waals surface area (Å²) in [6.45, 7) is 1.47. The second kappa shape index (κ2) is 8.82. The Kier molecular flexibility index (Phi) is 6.23. The zero-order chi connectivity index (χ0) is 20.1. The molecule has 1 aromatic rings. The molecule has 148 valence electrons. The summed E-state index contributed by atoms with van der Waals surface area (Å²) in [5.41, 5.74) is 1.88. The van der Waals surface area contributed by atoms with Crippen molar-refractivity contribution in [2.75, 3.05) is 13.2 Å². The Labute approximate surface area is 163 Å². The molecule has 3 amide bonds. The van der Waals surface area contributed by atoms with Gasteiger partial charge in [0.2, 0.25) is 0 Å².